The first-order valence-corrected chi connectivity index (χ1v) is 10.0. The van der Waals surface area contributed by atoms with Gasteiger partial charge in [-0.25, -0.2) is 4.98 Å². The second-order valence-corrected chi connectivity index (χ2v) is 7.83. The molecule has 0 radical (unpaired) electrons. The van der Waals surface area contributed by atoms with E-state index in [-0.39, 0.29) is 12.5 Å². The smallest absolute Gasteiger partial charge is 0.262 e. The molecule has 0 unspecified atom stereocenters. The van der Waals surface area contributed by atoms with Gasteiger partial charge in [0.15, 0.2) is 6.61 Å². The van der Waals surface area contributed by atoms with Crippen LogP contribution in [0.15, 0.2) is 60.9 Å². The van der Waals surface area contributed by atoms with Crippen molar-refractivity contribution < 1.29 is 9.53 Å². The summed E-state index contributed by atoms with van der Waals surface area (Å²) in [5.74, 6) is 2.36. The minimum Gasteiger partial charge on any atom is -0.484 e. The Hall–Kier alpha value is -3.08. The number of anilines is 1. The lowest BCUT2D eigenvalue weighted by Gasteiger charge is -2.12. The lowest BCUT2D eigenvalue weighted by atomic mass is 10.0. The lowest BCUT2D eigenvalue weighted by Crippen LogP contribution is -2.20. The van der Waals surface area contributed by atoms with Crippen LogP contribution in [-0.2, 0) is 11.3 Å². The van der Waals surface area contributed by atoms with Crippen LogP contribution in [0.25, 0.3) is 0 Å². The van der Waals surface area contributed by atoms with Crippen molar-refractivity contribution in [2.75, 3.05) is 11.9 Å². The van der Waals surface area contributed by atoms with Gasteiger partial charge in [-0.1, -0.05) is 52.0 Å². The summed E-state index contributed by atoms with van der Waals surface area (Å²) in [5, 5.41) is 2.92. The molecular formula is C24H29N3O2. The van der Waals surface area contributed by atoms with E-state index in [1.807, 2.05) is 54.9 Å². The predicted molar refractivity (Wildman–Crippen MR) is 117 cm³/mol. The molecule has 0 saturated heterocycles. The van der Waals surface area contributed by atoms with Gasteiger partial charge in [0.25, 0.3) is 5.91 Å². The first kappa shape index (κ1) is 20.6. The van der Waals surface area contributed by atoms with Gasteiger partial charge in [-0.3, -0.25) is 4.79 Å². The van der Waals surface area contributed by atoms with Crippen molar-refractivity contribution in [1.82, 2.24) is 9.55 Å². The van der Waals surface area contributed by atoms with E-state index >= 15 is 0 Å². The summed E-state index contributed by atoms with van der Waals surface area (Å²) in [6.45, 7) is 9.22. The van der Waals surface area contributed by atoms with Crippen molar-refractivity contribution in [3.05, 3.63) is 77.9 Å². The number of imidazole rings is 1. The van der Waals surface area contributed by atoms with Gasteiger partial charge in [0.05, 0.1) is 0 Å². The third-order valence-corrected chi connectivity index (χ3v) is 4.72. The third-order valence-electron chi connectivity index (χ3n) is 4.72. The van der Waals surface area contributed by atoms with Crippen molar-refractivity contribution in [1.29, 1.82) is 0 Å². The number of hydrogen-bond acceptors (Lipinski definition) is 3. The molecule has 0 spiro atoms. The van der Waals surface area contributed by atoms with Crippen LogP contribution < -0.4 is 10.1 Å². The van der Waals surface area contributed by atoms with E-state index in [4.69, 9.17) is 4.74 Å². The fraction of sp³-hybridized carbons (Fsp3) is 0.333. The van der Waals surface area contributed by atoms with Crippen molar-refractivity contribution >= 4 is 11.6 Å². The maximum absolute atomic E-state index is 12.3. The van der Waals surface area contributed by atoms with Crippen molar-refractivity contribution in [2.24, 2.45) is 0 Å². The summed E-state index contributed by atoms with van der Waals surface area (Å²) in [6.07, 6.45) is 3.81. The van der Waals surface area contributed by atoms with Crippen LogP contribution in [0.3, 0.4) is 0 Å². The molecule has 0 aliphatic rings. The number of benzene rings is 2. The largest absolute Gasteiger partial charge is 0.484 e. The second kappa shape index (κ2) is 9.41. The number of carbonyl (C=O) groups is 1. The zero-order valence-electron chi connectivity index (χ0n) is 17.6. The van der Waals surface area contributed by atoms with Crippen molar-refractivity contribution in [2.45, 2.75) is 46.1 Å². The number of ether oxygens (including phenoxy) is 1. The van der Waals surface area contributed by atoms with Crippen LogP contribution in [0, 0.1) is 0 Å². The van der Waals surface area contributed by atoms with Crippen LogP contribution in [0.5, 0.6) is 5.75 Å². The minimum atomic E-state index is -0.178. The fourth-order valence-electron chi connectivity index (χ4n) is 3.21. The Balaban J connectivity index is 1.59. The van der Waals surface area contributed by atoms with Crippen molar-refractivity contribution in [3.63, 3.8) is 0 Å². The molecule has 0 aliphatic carbocycles. The van der Waals surface area contributed by atoms with E-state index in [0.29, 0.717) is 17.6 Å². The summed E-state index contributed by atoms with van der Waals surface area (Å²) in [5.41, 5.74) is 3.06. The maximum Gasteiger partial charge on any atom is 0.262 e. The van der Waals surface area contributed by atoms with Crippen LogP contribution >= 0.6 is 0 Å². The second-order valence-electron chi connectivity index (χ2n) is 7.83. The SMILES string of the molecule is CC(C)c1cccc(OCC(=O)Nc2cccc(Cn3ccnc3C(C)C)c2)c1. The Bertz CT molecular complexity index is 960. The molecule has 1 aromatic heterocycles. The predicted octanol–water partition coefficient (Wildman–Crippen LogP) is 5.20. The first-order chi connectivity index (χ1) is 13.9. The van der Waals surface area contributed by atoms with Crippen LogP contribution in [0.1, 0.15) is 56.5 Å². The van der Waals surface area contributed by atoms with Crippen LogP contribution in [-0.4, -0.2) is 22.1 Å². The molecule has 5 nitrogen and oxygen atoms in total. The van der Waals surface area contributed by atoms with E-state index in [0.717, 1.165) is 23.6 Å². The number of carbonyl (C=O) groups excluding carboxylic acids is 1. The van der Waals surface area contributed by atoms with Gasteiger partial charge in [-0.05, 0) is 41.3 Å². The van der Waals surface area contributed by atoms with Gasteiger partial charge < -0.3 is 14.6 Å². The van der Waals surface area contributed by atoms with Gasteiger partial charge in [0.2, 0.25) is 0 Å². The van der Waals surface area contributed by atoms with E-state index in [1.165, 1.54) is 5.56 Å². The quantitative estimate of drug-likeness (QED) is 0.574. The molecule has 0 bridgehead atoms. The number of hydrogen-bond donors (Lipinski definition) is 1. The molecule has 3 aromatic rings. The van der Waals surface area contributed by atoms with Gasteiger partial charge in [-0.15, -0.1) is 0 Å². The summed E-state index contributed by atoms with van der Waals surface area (Å²) < 4.78 is 7.80. The summed E-state index contributed by atoms with van der Waals surface area (Å²) in [4.78, 5) is 16.8. The zero-order valence-corrected chi connectivity index (χ0v) is 17.6. The fourth-order valence-corrected chi connectivity index (χ4v) is 3.21. The minimum absolute atomic E-state index is 0.0230. The highest BCUT2D eigenvalue weighted by molar-refractivity contribution is 5.91. The molecular weight excluding hydrogens is 362 g/mol. The van der Waals surface area contributed by atoms with E-state index in [1.54, 1.807) is 0 Å². The molecule has 0 saturated carbocycles. The summed E-state index contributed by atoms with van der Waals surface area (Å²) in [7, 11) is 0. The first-order valence-electron chi connectivity index (χ1n) is 10.0. The Morgan fingerprint density at radius 2 is 1.86 bits per heavy atom. The molecule has 152 valence electrons. The molecule has 29 heavy (non-hydrogen) atoms. The van der Waals surface area contributed by atoms with E-state index in [9.17, 15) is 4.79 Å². The molecule has 3 rings (SSSR count). The number of aromatic nitrogens is 2. The topological polar surface area (TPSA) is 56.1 Å². The molecule has 0 aliphatic heterocycles. The average Bonchev–Trinajstić information content (AvgIpc) is 3.15. The van der Waals surface area contributed by atoms with Crippen molar-refractivity contribution in [3.8, 4) is 5.75 Å². The number of nitrogens with one attached hydrogen (secondary N) is 1. The third kappa shape index (κ3) is 5.70. The van der Waals surface area contributed by atoms with Gasteiger partial charge >= 0.3 is 0 Å². The highest BCUT2D eigenvalue weighted by Gasteiger charge is 2.09. The van der Waals surface area contributed by atoms with E-state index < -0.39 is 0 Å². The molecule has 0 fully saturated rings. The van der Waals surface area contributed by atoms with Gasteiger partial charge in [0, 0.05) is 30.5 Å². The zero-order chi connectivity index (χ0) is 20.8. The highest BCUT2D eigenvalue weighted by atomic mass is 16.5. The Morgan fingerprint density at radius 1 is 1.07 bits per heavy atom. The van der Waals surface area contributed by atoms with Crippen LogP contribution in [0.4, 0.5) is 5.69 Å². The standard InChI is InChI=1S/C24H29N3O2/c1-17(2)20-8-6-10-22(14-20)29-16-23(28)26-21-9-5-7-19(13-21)15-27-12-11-25-24(27)18(3)4/h5-14,17-18H,15-16H2,1-4H3,(H,26,28). The monoisotopic (exact) mass is 391 g/mol. The Kier molecular flexibility index (Phi) is 6.70. The molecule has 0 atom stereocenters. The Morgan fingerprint density at radius 3 is 2.62 bits per heavy atom. The number of rotatable bonds is 8. The van der Waals surface area contributed by atoms with Gasteiger partial charge in [-0.2, -0.15) is 0 Å². The molecule has 1 N–H and O–H groups in total. The normalized spacial score (nSPS) is 11.1. The maximum atomic E-state index is 12.3. The molecule has 1 heterocycles. The van der Waals surface area contributed by atoms with E-state index in [2.05, 4.69) is 48.6 Å². The summed E-state index contributed by atoms with van der Waals surface area (Å²) in [6, 6.07) is 15.7. The van der Waals surface area contributed by atoms with Gasteiger partial charge in [0.1, 0.15) is 11.6 Å². The lowest BCUT2D eigenvalue weighted by molar-refractivity contribution is -0.118. The molecule has 1 amide bonds. The molecule has 5 heteroatoms. The number of amides is 1. The summed E-state index contributed by atoms with van der Waals surface area (Å²) >= 11 is 0. The molecule has 2 aromatic carbocycles. The number of nitrogens with zero attached hydrogens (tertiary/aromatic N) is 2. The highest BCUT2D eigenvalue weighted by Crippen LogP contribution is 2.20. The Labute approximate surface area is 172 Å². The average molecular weight is 392 g/mol. The van der Waals surface area contributed by atoms with Crippen LogP contribution in [0.2, 0.25) is 0 Å².